The van der Waals surface area contributed by atoms with E-state index in [1.54, 1.807) is 42.5 Å². The number of rotatable bonds is 4. The van der Waals surface area contributed by atoms with Gasteiger partial charge in [-0.25, -0.2) is 18.6 Å². The molecule has 1 aliphatic carbocycles. The Kier molecular flexibility index (Phi) is 6.07. The Bertz CT molecular complexity index is 1290. The van der Waals surface area contributed by atoms with Gasteiger partial charge in [0.25, 0.3) is 5.91 Å². The summed E-state index contributed by atoms with van der Waals surface area (Å²) in [5.41, 5.74) is 1.46. The lowest BCUT2D eigenvalue weighted by molar-refractivity contribution is -0.130. The first kappa shape index (κ1) is 22.8. The topological polar surface area (TPSA) is 71.4 Å². The lowest BCUT2D eigenvalue weighted by Crippen LogP contribution is -2.53. The van der Waals surface area contributed by atoms with Crippen molar-refractivity contribution in [1.29, 1.82) is 0 Å². The van der Waals surface area contributed by atoms with Gasteiger partial charge in [-0.2, -0.15) is 0 Å². The molecule has 35 heavy (non-hydrogen) atoms. The summed E-state index contributed by atoms with van der Waals surface area (Å²) in [6.07, 6.45) is 6.05. The van der Waals surface area contributed by atoms with E-state index >= 15 is 0 Å². The van der Waals surface area contributed by atoms with Gasteiger partial charge in [-0.05, 0) is 49.6 Å². The Balaban J connectivity index is 1.40. The van der Waals surface area contributed by atoms with Crippen molar-refractivity contribution < 1.29 is 27.8 Å². The predicted molar refractivity (Wildman–Crippen MR) is 124 cm³/mol. The van der Waals surface area contributed by atoms with E-state index in [1.165, 1.54) is 6.07 Å². The second-order valence-electron chi connectivity index (χ2n) is 8.44. The number of methoxy groups -OCH3 is 1. The summed E-state index contributed by atoms with van der Waals surface area (Å²) in [5.74, 6) is -1.85. The molecular formula is C26H23F2N3O4. The highest BCUT2D eigenvalue weighted by molar-refractivity contribution is 6.11. The summed E-state index contributed by atoms with van der Waals surface area (Å²) in [4.78, 5) is 33.6. The fourth-order valence-electron chi connectivity index (χ4n) is 4.60. The monoisotopic (exact) mass is 479 g/mol. The van der Waals surface area contributed by atoms with Gasteiger partial charge in [-0.3, -0.25) is 4.79 Å². The molecule has 0 N–H and O–H groups in total. The van der Waals surface area contributed by atoms with E-state index in [2.05, 4.69) is 4.99 Å². The molecule has 1 amide bonds. The maximum Gasteiger partial charge on any atom is 0.365 e. The van der Waals surface area contributed by atoms with Crippen LogP contribution in [-0.4, -0.2) is 53.8 Å². The van der Waals surface area contributed by atoms with Crippen LogP contribution in [0.15, 0.2) is 71.1 Å². The smallest absolute Gasteiger partial charge is 0.365 e. The summed E-state index contributed by atoms with van der Waals surface area (Å²) < 4.78 is 38.2. The van der Waals surface area contributed by atoms with Gasteiger partial charge in [-0.15, -0.1) is 0 Å². The summed E-state index contributed by atoms with van der Waals surface area (Å²) in [6.45, 7) is 0.695. The average Bonchev–Trinajstić information content (AvgIpc) is 3.24. The number of cyclic esters (lactones) is 1. The van der Waals surface area contributed by atoms with Gasteiger partial charge in [0.2, 0.25) is 5.90 Å². The number of fused-ring (bicyclic) bond motifs is 1. The third-order valence-corrected chi connectivity index (χ3v) is 6.30. The standard InChI is InChI=1S/C26H23F2N3O4/c1-34-18-6-4-5-16(13-18)24-29-21(26(33)35-24)15-30-11-12-31(23-8-3-2-7-22(23)30)25(32)19-10-9-17(27)14-20(19)28/h4-7,9-10,13-15,23H,2-3,8,11-12H2,1H3. The number of halogens is 2. The highest BCUT2D eigenvalue weighted by Gasteiger charge is 2.37. The zero-order chi connectivity index (χ0) is 24.5. The van der Waals surface area contributed by atoms with Gasteiger partial charge in [0.15, 0.2) is 5.70 Å². The molecule has 2 aliphatic heterocycles. The zero-order valence-electron chi connectivity index (χ0n) is 19.0. The second kappa shape index (κ2) is 9.32. The molecule has 0 radical (unpaired) electrons. The molecule has 2 aromatic carbocycles. The van der Waals surface area contributed by atoms with Crippen LogP contribution < -0.4 is 4.74 Å². The number of carbonyl (C=O) groups is 2. The lowest BCUT2D eigenvalue weighted by atomic mass is 9.94. The van der Waals surface area contributed by atoms with Crippen molar-refractivity contribution >= 4 is 17.8 Å². The number of carbonyl (C=O) groups excluding carboxylic acids is 2. The summed E-state index contributed by atoms with van der Waals surface area (Å²) in [7, 11) is 1.55. The number of nitrogens with zero attached hydrogens (tertiary/aromatic N) is 3. The number of benzene rings is 2. The number of piperazine rings is 1. The van der Waals surface area contributed by atoms with Crippen molar-refractivity contribution in [2.24, 2.45) is 4.99 Å². The summed E-state index contributed by atoms with van der Waals surface area (Å²) in [6, 6.07) is 9.76. The maximum absolute atomic E-state index is 14.3. The minimum absolute atomic E-state index is 0.150. The molecule has 0 spiro atoms. The molecule has 0 bridgehead atoms. The first-order valence-electron chi connectivity index (χ1n) is 11.3. The molecule has 1 saturated heterocycles. The Morgan fingerprint density at radius 1 is 1.20 bits per heavy atom. The first-order valence-corrected chi connectivity index (χ1v) is 11.3. The van der Waals surface area contributed by atoms with Crippen molar-refractivity contribution in [3.8, 4) is 5.75 Å². The number of allylic oxidation sites excluding steroid dienone is 1. The number of hydrogen-bond donors (Lipinski definition) is 0. The maximum atomic E-state index is 14.3. The molecule has 3 aliphatic rings. The van der Waals surface area contributed by atoms with Gasteiger partial charge in [0.05, 0.1) is 18.7 Å². The fourth-order valence-corrected chi connectivity index (χ4v) is 4.60. The molecule has 0 saturated carbocycles. The molecule has 0 aromatic heterocycles. The number of amides is 1. The van der Waals surface area contributed by atoms with Crippen LogP contribution in [0.25, 0.3) is 0 Å². The molecule has 1 atom stereocenters. The largest absolute Gasteiger partial charge is 0.497 e. The predicted octanol–water partition coefficient (Wildman–Crippen LogP) is 4.01. The van der Waals surface area contributed by atoms with E-state index in [4.69, 9.17) is 9.47 Å². The normalized spacial score (nSPS) is 20.8. The Morgan fingerprint density at radius 2 is 2.06 bits per heavy atom. The summed E-state index contributed by atoms with van der Waals surface area (Å²) in [5, 5.41) is 0. The second-order valence-corrected chi connectivity index (χ2v) is 8.44. The highest BCUT2D eigenvalue weighted by atomic mass is 19.1. The van der Waals surface area contributed by atoms with E-state index in [0.717, 1.165) is 30.7 Å². The van der Waals surface area contributed by atoms with Crippen molar-refractivity contribution in [2.75, 3.05) is 20.2 Å². The molecule has 1 fully saturated rings. The van der Waals surface area contributed by atoms with Crippen LogP contribution in [0.2, 0.25) is 0 Å². The van der Waals surface area contributed by atoms with Crippen LogP contribution in [0, 0.1) is 11.6 Å². The average molecular weight is 479 g/mol. The Labute approximate surface area is 200 Å². The molecule has 2 heterocycles. The number of ether oxygens (including phenoxy) is 2. The van der Waals surface area contributed by atoms with Crippen LogP contribution in [0.4, 0.5) is 8.78 Å². The molecule has 5 rings (SSSR count). The van der Waals surface area contributed by atoms with E-state index in [1.807, 2.05) is 11.0 Å². The fraction of sp³-hybridized carbons (Fsp3) is 0.269. The molecule has 1 unspecified atom stereocenters. The van der Waals surface area contributed by atoms with Crippen LogP contribution >= 0.6 is 0 Å². The molecule has 7 nitrogen and oxygen atoms in total. The van der Waals surface area contributed by atoms with E-state index in [0.29, 0.717) is 30.8 Å². The van der Waals surface area contributed by atoms with Gasteiger partial charge < -0.3 is 19.3 Å². The molecule has 9 heteroatoms. The SMILES string of the molecule is COc1cccc(C2=NC(=CN3CCN(C(=O)c4ccc(F)cc4F)C4CCCC=C43)C(=O)O2)c1. The van der Waals surface area contributed by atoms with Crippen molar-refractivity contribution in [3.05, 3.63) is 88.9 Å². The Morgan fingerprint density at radius 3 is 2.86 bits per heavy atom. The van der Waals surface area contributed by atoms with Gasteiger partial charge in [-0.1, -0.05) is 12.1 Å². The molecular weight excluding hydrogens is 456 g/mol. The van der Waals surface area contributed by atoms with Gasteiger partial charge >= 0.3 is 5.97 Å². The number of aliphatic imine (C=N–C) groups is 1. The van der Waals surface area contributed by atoms with Crippen LogP contribution in [0.3, 0.4) is 0 Å². The minimum Gasteiger partial charge on any atom is -0.497 e. The van der Waals surface area contributed by atoms with E-state index in [9.17, 15) is 18.4 Å². The van der Waals surface area contributed by atoms with Gasteiger partial charge in [0.1, 0.15) is 17.4 Å². The summed E-state index contributed by atoms with van der Waals surface area (Å²) >= 11 is 0. The molecule has 180 valence electrons. The third-order valence-electron chi connectivity index (χ3n) is 6.30. The van der Waals surface area contributed by atoms with Crippen molar-refractivity contribution in [3.63, 3.8) is 0 Å². The number of hydrogen-bond acceptors (Lipinski definition) is 6. The van der Waals surface area contributed by atoms with E-state index in [-0.39, 0.29) is 23.2 Å². The van der Waals surface area contributed by atoms with Gasteiger partial charge in [0, 0.05) is 36.6 Å². The minimum atomic E-state index is -0.881. The molecule has 2 aromatic rings. The first-order chi connectivity index (χ1) is 16.9. The van der Waals surface area contributed by atoms with Crippen molar-refractivity contribution in [1.82, 2.24) is 9.80 Å². The zero-order valence-corrected chi connectivity index (χ0v) is 19.0. The van der Waals surface area contributed by atoms with Crippen LogP contribution in [-0.2, 0) is 9.53 Å². The quantitative estimate of drug-likeness (QED) is 0.490. The third kappa shape index (κ3) is 4.41. The lowest BCUT2D eigenvalue weighted by Gasteiger charge is -2.45. The number of esters is 1. The van der Waals surface area contributed by atoms with Crippen molar-refractivity contribution in [2.45, 2.75) is 25.3 Å². The van der Waals surface area contributed by atoms with E-state index < -0.39 is 23.5 Å². The van der Waals surface area contributed by atoms with Crippen LogP contribution in [0.5, 0.6) is 5.75 Å². The Hall–Kier alpha value is -4.01. The highest BCUT2D eigenvalue weighted by Crippen LogP contribution is 2.32. The van der Waals surface area contributed by atoms with Crippen LogP contribution in [0.1, 0.15) is 35.2 Å².